The largest absolute Gasteiger partial charge is 0.351 e. The number of hydrogen-bond acceptors (Lipinski definition) is 2. The molecule has 6 heteroatoms. The Labute approximate surface area is 163 Å². The van der Waals surface area contributed by atoms with Crippen LogP contribution in [0.25, 0.3) is 0 Å². The lowest BCUT2D eigenvalue weighted by Gasteiger charge is -2.21. The minimum Gasteiger partial charge on any atom is -0.351 e. The summed E-state index contributed by atoms with van der Waals surface area (Å²) in [5.74, 6) is 3.88. The Kier molecular flexibility index (Phi) is 7.37. The summed E-state index contributed by atoms with van der Waals surface area (Å²) in [6.07, 6.45) is 8.50. The Morgan fingerprint density at radius 3 is 2.92 bits per heavy atom. The van der Waals surface area contributed by atoms with Crippen molar-refractivity contribution >= 4 is 29.9 Å². The fourth-order valence-corrected chi connectivity index (χ4v) is 3.94. The fourth-order valence-electron chi connectivity index (χ4n) is 3.94. The Morgan fingerprint density at radius 2 is 2.21 bits per heavy atom. The van der Waals surface area contributed by atoms with Crippen molar-refractivity contribution in [3.63, 3.8) is 0 Å². The van der Waals surface area contributed by atoms with E-state index < -0.39 is 0 Å². The second-order valence-electron chi connectivity index (χ2n) is 7.43. The minimum absolute atomic E-state index is 0. The summed E-state index contributed by atoms with van der Waals surface area (Å²) in [6, 6.07) is 0. The molecule has 0 saturated carbocycles. The van der Waals surface area contributed by atoms with Crippen LogP contribution in [0.1, 0.15) is 51.0 Å². The van der Waals surface area contributed by atoms with Gasteiger partial charge in [0.05, 0.1) is 12.2 Å². The van der Waals surface area contributed by atoms with Gasteiger partial charge in [-0.25, -0.2) is 4.98 Å². The molecule has 2 aliphatic heterocycles. The molecule has 0 spiro atoms. The number of likely N-dealkylation sites (tertiary alicyclic amines) is 1. The van der Waals surface area contributed by atoms with Crippen molar-refractivity contribution in [2.24, 2.45) is 16.8 Å². The number of rotatable bonds is 4. The van der Waals surface area contributed by atoms with Crippen molar-refractivity contribution in [1.82, 2.24) is 19.8 Å². The molecule has 5 nitrogen and oxygen atoms in total. The summed E-state index contributed by atoms with van der Waals surface area (Å²) in [5, 5.41) is 3.51. The fraction of sp³-hybridized carbons (Fsp3) is 0.778. The average Bonchev–Trinajstić information content (AvgIpc) is 3.14. The molecule has 3 rings (SSSR count). The lowest BCUT2D eigenvalue weighted by atomic mass is 9.97. The summed E-state index contributed by atoms with van der Waals surface area (Å²) in [4.78, 5) is 11.6. The van der Waals surface area contributed by atoms with E-state index in [4.69, 9.17) is 4.98 Å². The van der Waals surface area contributed by atoms with Crippen LogP contribution in [-0.2, 0) is 19.5 Å². The van der Waals surface area contributed by atoms with Gasteiger partial charge in [-0.2, -0.15) is 0 Å². The first-order valence-electron chi connectivity index (χ1n) is 9.16. The van der Waals surface area contributed by atoms with Crippen molar-refractivity contribution in [2.75, 3.05) is 20.1 Å². The number of aryl methyl sites for hydroxylation is 2. The third kappa shape index (κ3) is 4.86. The van der Waals surface area contributed by atoms with Gasteiger partial charge in [-0.3, -0.25) is 4.99 Å². The predicted octanol–water partition coefficient (Wildman–Crippen LogP) is 3.28. The van der Waals surface area contributed by atoms with Gasteiger partial charge in [0.2, 0.25) is 0 Å². The molecule has 1 aromatic rings. The molecule has 0 amide bonds. The van der Waals surface area contributed by atoms with Crippen LogP contribution in [0.15, 0.2) is 11.2 Å². The van der Waals surface area contributed by atoms with Crippen LogP contribution in [0.2, 0.25) is 0 Å². The molecule has 1 fully saturated rings. The third-order valence-corrected chi connectivity index (χ3v) is 4.99. The van der Waals surface area contributed by atoms with Crippen LogP contribution in [0.5, 0.6) is 0 Å². The second kappa shape index (κ2) is 9.06. The van der Waals surface area contributed by atoms with Crippen molar-refractivity contribution in [1.29, 1.82) is 0 Å². The van der Waals surface area contributed by atoms with Gasteiger partial charge in [0.1, 0.15) is 5.82 Å². The number of imidazole rings is 1. The summed E-state index contributed by atoms with van der Waals surface area (Å²) in [7, 11) is 1.89. The van der Waals surface area contributed by atoms with E-state index in [0.29, 0.717) is 0 Å². The van der Waals surface area contributed by atoms with Crippen molar-refractivity contribution < 1.29 is 0 Å². The van der Waals surface area contributed by atoms with Crippen LogP contribution in [0, 0.1) is 11.8 Å². The van der Waals surface area contributed by atoms with Gasteiger partial charge in [0.15, 0.2) is 5.96 Å². The van der Waals surface area contributed by atoms with Crippen LogP contribution in [0.3, 0.4) is 0 Å². The number of aromatic nitrogens is 2. The number of hydrogen-bond donors (Lipinski definition) is 1. The van der Waals surface area contributed by atoms with Gasteiger partial charge >= 0.3 is 0 Å². The highest BCUT2D eigenvalue weighted by Crippen LogP contribution is 2.23. The number of nitrogens with zero attached hydrogens (tertiary/aromatic N) is 4. The molecule has 0 aromatic carbocycles. The number of halogens is 1. The Bertz CT molecular complexity index is 528. The van der Waals surface area contributed by atoms with Gasteiger partial charge in [-0.1, -0.05) is 13.8 Å². The maximum absolute atomic E-state index is 4.76. The topological polar surface area (TPSA) is 45.5 Å². The van der Waals surface area contributed by atoms with Crippen LogP contribution < -0.4 is 5.32 Å². The molecule has 24 heavy (non-hydrogen) atoms. The van der Waals surface area contributed by atoms with Gasteiger partial charge in [-0.15, -0.1) is 24.0 Å². The third-order valence-electron chi connectivity index (χ3n) is 4.99. The Morgan fingerprint density at radius 1 is 1.38 bits per heavy atom. The molecule has 0 radical (unpaired) electrons. The van der Waals surface area contributed by atoms with Crippen LogP contribution >= 0.6 is 24.0 Å². The highest BCUT2D eigenvalue weighted by molar-refractivity contribution is 14.0. The summed E-state index contributed by atoms with van der Waals surface area (Å²) < 4.78 is 2.32. The van der Waals surface area contributed by atoms with E-state index in [1.54, 1.807) is 0 Å². The standard InChI is InChI=1S/C18H31N5.HI/c1-14(2)10-15-7-9-23(12-15)18(19-3)20-11-16-13-22-8-5-4-6-17(22)21-16;/h13-15H,4-12H2,1-3H3,(H,19,20);1H. The van der Waals surface area contributed by atoms with Crippen molar-refractivity contribution in [3.8, 4) is 0 Å². The van der Waals surface area contributed by atoms with E-state index in [2.05, 4.69) is 39.8 Å². The van der Waals surface area contributed by atoms with E-state index in [0.717, 1.165) is 56.1 Å². The molecule has 1 unspecified atom stereocenters. The SMILES string of the molecule is CN=C(NCc1cn2c(n1)CCCC2)N1CCC(CC(C)C)C1.I. The molecule has 3 heterocycles. The maximum atomic E-state index is 4.76. The number of nitrogens with one attached hydrogen (secondary N) is 1. The molecule has 2 aliphatic rings. The van der Waals surface area contributed by atoms with Crippen molar-refractivity contribution in [2.45, 2.75) is 59.0 Å². The Hall–Kier alpha value is -0.790. The number of guanidine groups is 1. The molecule has 0 bridgehead atoms. The van der Waals surface area contributed by atoms with Crippen molar-refractivity contribution in [3.05, 3.63) is 17.7 Å². The van der Waals surface area contributed by atoms with E-state index in [1.165, 1.54) is 31.5 Å². The summed E-state index contributed by atoms with van der Waals surface area (Å²) in [6.45, 7) is 8.79. The van der Waals surface area contributed by atoms with Crippen LogP contribution in [0.4, 0.5) is 0 Å². The molecule has 1 aromatic heterocycles. The molecular formula is C18H32IN5. The number of fused-ring (bicyclic) bond motifs is 1. The molecule has 0 aliphatic carbocycles. The highest BCUT2D eigenvalue weighted by Gasteiger charge is 2.25. The molecule has 1 saturated heterocycles. The monoisotopic (exact) mass is 445 g/mol. The van der Waals surface area contributed by atoms with Gasteiger partial charge in [-0.05, 0) is 37.5 Å². The van der Waals surface area contributed by atoms with Gasteiger partial charge in [0.25, 0.3) is 0 Å². The number of aliphatic imine (C=N–C) groups is 1. The lowest BCUT2D eigenvalue weighted by molar-refractivity contribution is 0.403. The second-order valence-corrected chi connectivity index (χ2v) is 7.43. The van der Waals surface area contributed by atoms with Gasteiger partial charge < -0.3 is 14.8 Å². The zero-order valence-electron chi connectivity index (χ0n) is 15.3. The predicted molar refractivity (Wildman–Crippen MR) is 110 cm³/mol. The minimum atomic E-state index is 0. The highest BCUT2D eigenvalue weighted by atomic mass is 127. The average molecular weight is 445 g/mol. The molecule has 1 N–H and O–H groups in total. The molecular weight excluding hydrogens is 413 g/mol. The van der Waals surface area contributed by atoms with E-state index in [-0.39, 0.29) is 24.0 Å². The summed E-state index contributed by atoms with van der Waals surface area (Å²) >= 11 is 0. The first-order chi connectivity index (χ1) is 11.2. The quantitative estimate of drug-likeness (QED) is 0.440. The molecule has 1 atom stereocenters. The van der Waals surface area contributed by atoms with E-state index in [9.17, 15) is 0 Å². The van der Waals surface area contributed by atoms with Crippen LogP contribution in [-0.4, -0.2) is 40.5 Å². The lowest BCUT2D eigenvalue weighted by Crippen LogP contribution is -2.39. The zero-order valence-corrected chi connectivity index (χ0v) is 17.6. The van der Waals surface area contributed by atoms with Gasteiger partial charge in [0, 0.05) is 39.3 Å². The normalized spacial score (nSPS) is 20.9. The smallest absolute Gasteiger partial charge is 0.193 e. The van der Waals surface area contributed by atoms with E-state index in [1.807, 2.05) is 7.05 Å². The summed E-state index contributed by atoms with van der Waals surface area (Å²) in [5.41, 5.74) is 1.14. The molecule has 136 valence electrons. The first-order valence-corrected chi connectivity index (χ1v) is 9.16. The first kappa shape index (κ1) is 19.5. The zero-order chi connectivity index (χ0) is 16.2. The van der Waals surface area contributed by atoms with E-state index >= 15 is 0 Å². The Balaban J connectivity index is 0.00000208. The maximum Gasteiger partial charge on any atom is 0.193 e.